The fourth-order valence-electron chi connectivity index (χ4n) is 4.19. The highest BCUT2D eigenvalue weighted by Crippen LogP contribution is 2.38. The molecule has 5 rings (SSSR count). The quantitative estimate of drug-likeness (QED) is 0.319. The summed E-state index contributed by atoms with van der Waals surface area (Å²) >= 11 is 1.68. The van der Waals surface area contributed by atoms with Crippen molar-refractivity contribution in [1.29, 1.82) is 0 Å². The Bertz CT molecular complexity index is 1390. The first-order valence-corrected chi connectivity index (χ1v) is 12.5. The third-order valence-electron chi connectivity index (χ3n) is 6.36. The summed E-state index contributed by atoms with van der Waals surface area (Å²) < 4.78 is 11.3. The van der Waals surface area contributed by atoms with E-state index in [4.69, 9.17) is 13.9 Å². The van der Waals surface area contributed by atoms with E-state index in [1.807, 2.05) is 55.6 Å². The number of allylic oxidation sites excluding steroid dienone is 1. The highest BCUT2D eigenvalue weighted by atomic mass is 32.2. The Kier molecular flexibility index (Phi) is 6.21. The predicted octanol–water partition coefficient (Wildman–Crippen LogP) is 6.37. The van der Waals surface area contributed by atoms with Gasteiger partial charge in [-0.3, -0.25) is 4.90 Å². The lowest BCUT2D eigenvalue weighted by Crippen LogP contribution is -2.45. The number of thioether (sulfide) groups is 1. The number of carbonyl (C=O) groups is 1. The molecule has 1 N–H and O–H groups in total. The Balaban J connectivity index is 1.59. The summed E-state index contributed by atoms with van der Waals surface area (Å²) in [5.74, 6) is 1.56. The molecule has 0 saturated heterocycles. The van der Waals surface area contributed by atoms with Crippen LogP contribution in [0.15, 0.2) is 80.4 Å². The first-order chi connectivity index (χ1) is 16.9. The van der Waals surface area contributed by atoms with Crippen LogP contribution in [0, 0.1) is 13.8 Å². The van der Waals surface area contributed by atoms with Crippen LogP contribution >= 0.6 is 11.8 Å². The van der Waals surface area contributed by atoms with Gasteiger partial charge in [-0.2, -0.15) is 4.98 Å². The molecule has 3 heterocycles. The summed E-state index contributed by atoms with van der Waals surface area (Å²) in [6, 6.07) is 17.2. The minimum absolute atomic E-state index is 0.210. The van der Waals surface area contributed by atoms with Crippen LogP contribution in [0.1, 0.15) is 41.3 Å². The molecule has 1 atom stereocenters. The zero-order valence-corrected chi connectivity index (χ0v) is 20.8. The number of rotatable bonds is 6. The van der Waals surface area contributed by atoms with Crippen LogP contribution in [-0.2, 0) is 6.54 Å². The van der Waals surface area contributed by atoms with E-state index in [-0.39, 0.29) is 6.03 Å². The average molecular weight is 487 g/mol. The van der Waals surface area contributed by atoms with E-state index in [1.54, 1.807) is 22.9 Å². The maximum atomic E-state index is 13.2. The van der Waals surface area contributed by atoms with Crippen molar-refractivity contribution in [1.82, 2.24) is 20.4 Å². The standard InChI is InChI=1S/C27H26N4O3S/c1-16-7-8-20(14-17(16)2)24-23(18(3)31(27(32)28-24)15-21-6-5-13-33-21)26-29-25(30-34-26)19-9-11-22(35-4)12-10-19/h5-14,24H,15H2,1-4H3,(H,28,32). The molecular formula is C27H26N4O3S. The van der Waals surface area contributed by atoms with E-state index < -0.39 is 6.04 Å². The Morgan fingerprint density at radius 2 is 1.86 bits per heavy atom. The largest absolute Gasteiger partial charge is 0.467 e. The summed E-state index contributed by atoms with van der Waals surface area (Å²) in [5, 5.41) is 7.40. The van der Waals surface area contributed by atoms with Gasteiger partial charge >= 0.3 is 6.03 Å². The zero-order valence-electron chi connectivity index (χ0n) is 20.0. The number of aromatic nitrogens is 2. The number of urea groups is 1. The van der Waals surface area contributed by atoms with Crippen LogP contribution in [0.5, 0.6) is 0 Å². The topological polar surface area (TPSA) is 84.4 Å². The SMILES string of the molecule is CSc1ccc(-c2noc(C3=C(C)N(Cc4ccco4)C(=O)NC3c3ccc(C)c(C)c3)n2)cc1. The molecule has 0 saturated carbocycles. The Labute approximate surface area is 208 Å². The number of nitrogens with one attached hydrogen (secondary N) is 1. The molecule has 0 fully saturated rings. The van der Waals surface area contributed by atoms with Gasteiger partial charge < -0.3 is 14.3 Å². The highest BCUT2D eigenvalue weighted by Gasteiger charge is 2.36. The first-order valence-electron chi connectivity index (χ1n) is 11.3. The van der Waals surface area contributed by atoms with E-state index in [1.165, 1.54) is 5.56 Å². The van der Waals surface area contributed by atoms with Crippen LogP contribution in [0.2, 0.25) is 0 Å². The second-order valence-corrected chi connectivity index (χ2v) is 9.42. The van der Waals surface area contributed by atoms with Crippen molar-refractivity contribution in [3.63, 3.8) is 0 Å². The van der Waals surface area contributed by atoms with Gasteiger partial charge in [-0.25, -0.2) is 4.79 Å². The van der Waals surface area contributed by atoms with Crippen LogP contribution in [0.3, 0.4) is 0 Å². The number of carbonyl (C=O) groups excluding carboxylic acids is 1. The molecular weight excluding hydrogens is 460 g/mol. The fraction of sp³-hybridized carbons (Fsp3) is 0.222. The third-order valence-corrected chi connectivity index (χ3v) is 7.10. The maximum absolute atomic E-state index is 13.2. The van der Waals surface area contributed by atoms with E-state index in [9.17, 15) is 4.79 Å². The van der Waals surface area contributed by atoms with Crippen molar-refractivity contribution in [3.05, 3.63) is 94.9 Å². The predicted molar refractivity (Wildman–Crippen MR) is 136 cm³/mol. The molecule has 35 heavy (non-hydrogen) atoms. The summed E-state index contributed by atoms with van der Waals surface area (Å²) in [4.78, 5) is 20.7. The van der Waals surface area contributed by atoms with Crippen LogP contribution in [0.4, 0.5) is 4.79 Å². The molecule has 1 aliphatic heterocycles. The average Bonchev–Trinajstić information content (AvgIpc) is 3.56. The number of benzene rings is 2. The monoisotopic (exact) mass is 486 g/mol. The molecule has 8 heteroatoms. The molecule has 1 aliphatic rings. The number of hydrogen-bond donors (Lipinski definition) is 1. The van der Waals surface area contributed by atoms with Crippen LogP contribution in [-0.4, -0.2) is 27.3 Å². The first kappa shape index (κ1) is 23.0. The van der Waals surface area contributed by atoms with Gasteiger partial charge in [0.25, 0.3) is 5.89 Å². The summed E-state index contributed by atoms with van der Waals surface area (Å²) in [6.45, 7) is 6.33. The molecule has 2 aromatic heterocycles. The molecule has 0 bridgehead atoms. The molecule has 0 radical (unpaired) electrons. The van der Waals surface area contributed by atoms with Gasteiger partial charge in [-0.1, -0.05) is 23.4 Å². The number of hydrogen-bond acceptors (Lipinski definition) is 6. The number of amides is 2. The molecule has 1 unspecified atom stereocenters. The van der Waals surface area contributed by atoms with Gasteiger partial charge in [0.05, 0.1) is 24.4 Å². The van der Waals surface area contributed by atoms with Gasteiger partial charge in [0.1, 0.15) is 5.76 Å². The van der Waals surface area contributed by atoms with Crippen LogP contribution in [0.25, 0.3) is 17.0 Å². The van der Waals surface area contributed by atoms with Crippen molar-refractivity contribution in [2.45, 2.75) is 38.3 Å². The van der Waals surface area contributed by atoms with Crippen molar-refractivity contribution in [2.24, 2.45) is 0 Å². The van der Waals surface area contributed by atoms with Gasteiger partial charge in [0.2, 0.25) is 5.82 Å². The molecule has 0 spiro atoms. The lowest BCUT2D eigenvalue weighted by molar-refractivity contribution is 0.199. The molecule has 2 amide bonds. The van der Waals surface area contributed by atoms with E-state index in [0.29, 0.717) is 24.0 Å². The minimum Gasteiger partial charge on any atom is -0.467 e. The van der Waals surface area contributed by atoms with Gasteiger partial charge in [0.15, 0.2) is 0 Å². The third kappa shape index (κ3) is 4.49. The number of nitrogens with zero attached hydrogens (tertiary/aromatic N) is 3. The Morgan fingerprint density at radius 1 is 1.06 bits per heavy atom. The lowest BCUT2D eigenvalue weighted by atomic mass is 9.92. The maximum Gasteiger partial charge on any atom is 0.322 e. The zero-order chi connectivity index (χ0) is 24.5. The molecule has 7 nitrogen and oxygen atoms in total. The molecule has 178 valence electrons. The van der Waals surface area contributed by atoms with Crippen molar-refractivity contribution < 1.29 is 13.7 Å². The van der Waals surface area contributed by atoms with E-state index in [0.717, 1.165) is 32.9 Å². The summed E-state index contributed by atoms with van der Waals surface area (Å²) in [5.41, 5.74) is 5.65. The number of aryl methyl sites for hydroxylation is 2. The van der Waals surface area contributed by atoms with Crippen molar-refractivity contribution in [3.8, 4) is 11.4 Å². The molecule has 4 aromatic rings. The second-order valence-electron chi connectivity index (χ2n) is 8.54. The van der Waals surface area contributed by atoms with Gasteiger partial charge in [-0.05, 0) is 80.1 Å². The smallest absolute Gasteiger partial charge is 0.322 e. The molecule has 2 aromatic carbocycles. The van der Waals surface area contributed by atoms with E-state index in [2.05, 4.69) is 36.5 Å². The number of furan rings is 1. The normalized spacial score (nSPS) is 16.1. The van der Waals surface area contributed by atoms with Crippen LogP contribution < -0.4 is 5.32 Å². The van der Waals surface area contributed by atoms with Crippen molar-refractivity contribution in [2.75, 3.05) is 6.26 Å². The lowest BCUT2D eigenvalue weighted by Gasteiger charge is -2.34. The van der Waals surface area contributed by atoms with Crippen molar-refractivity contribution >= 4 is 23.4 Å². The Morgan fingerprint density at radius 3 is 2.54 bits per heavy atom. The highest BCUT2D eigenvalue weighted by molar-refractivity contribution is 7.98. The van der Waals surface area contributed by atoms with Gasteiger partial charge in [0, 0.05) is 16.2 Å². The Hall–Kier alpha value is -3.78. The summed E-state index contributed by atoms with van der Waals surface area (Å²) in [6.07, 6.45) is 3.64. The molecule has 0 aliphatic carbocycles. The minimum atomic E-state index is -0.429. The second kappa shape index (κ2) is 9.46. The van der Waals surface area contributed by atoms with Gasteiger partial charge in [-0.15, -0.1) is 11.8 Å². The van der Waals surface area contributed by atoms with E-state index >= 15 is 0 Å². The fourth-order valence-corrected chi connectivity index (χ4v) is 4.60. The summed E-state index contributed by atoms with van der Waals surface area (Å²) in [7, 11) is 0.